The smallest absolute Gasteiger partial charge is 0.256 e. The Labute approximate surface area is 212 Å². The molecular weight excluding hydrogens is 446 g/mol. The van der Waals surface area contributed by atoms with Gasteiger partial charge in [0.1, 0.15) is 5.75 Å². The van der Waals surface area contributed by atoms with Crippen LogP contribution in [-0.2, 0) is 6.54 Å². The van der Waals surface area contributed by atoms with Gasteiger partial charge in [0.15, 0.2) is 0 Å². The molecule has 5 nitrogen and oxygen atoms in total. The van der Waals surface area contributed by atoms with E-state index < -0.39 is 0 Å². The summed E-state index contributed by atoms with van der Waals surface area (Å²) >= 11 is 0. The molecule has 3 aromatic carbocycles. The molecule has 0 spiro atoms. The maximum absolute atomic E-state index is 13.0. The summed E-state index contributed by atoms with van der Waals surface area (Å²) in [6.45, 7) is 4.55. The van der Waals surface area contributed by atoms with Crippen LogP contribution in [0.5, 0.6) is 5.75 Å². The van der Waals surface area contributed by atoms with Gasteiger partial charge >= 0.3 is 0 Å². The number of hydrogen-bond acceptors (Lipinski definition) is 3. The fraction of sp³-hybridized carbons (Fsp3) is 0.355. The number of aryl methyl sites for hydroxylation is 2. The average Bonchev–Trinajstić information content (AvgIpc) is 3.47. The Bertz CT molecular complexity index is 1400. The van der Waals surface area contributed by atoms with Crippen molar-refractivity contribution in [3.05, 3.63) is 71.8 Å². The van der Waals surface area contributed by atoms with Gasteiger partial charge in [-0.2, -0.15) is 0 Å². The number of para-hydroxylation sites is 2. The van der Waals surface area contributed by atoms with Crippen LogP contribution in [0.25, 0.3) is 21.8 Å². The summed E-state index contributed by atoms with van der Waals surface area (Å²) in [5.74, 6) is 0.939. The van der Waals surface area contributed by atoms with E-state index in [0.717, 1.165) is 62.2 Å². The molecule has 6 rings (SSSR count). The number of fused-ring (bicyclic) bond motifs is 5. The fourth-order valence-corrected chi connectivity index (χ4v) is 5.78. The highest BCUT2D eigenvalue weighted by molar-refractivity contribution is 6.08. The first-order valence-electron chi connectivity index (χ1n) is 13.3. The number of ether oxygens (including phenoxy) is 1. The molecule has 0 radical (unpaired) electrons. The maximum Gasteiger partial charge on any atom is 0.256 e. The van der Waals surface area contributed by atoms with Crippen LogP contribution in [0.15, 0.2) is 65.7 Å². The highest BCUT2D eigenvalue weighted by Gasteiger charge is 2.32. The Kier molecular flexibility index (Phi) is 6.22. The molecule has 3 heterocycles. The van der Waals surface area contributed by atoms with Crippen molar-refractivity contribution in [1.82, 2.24) is 9.47 Å². The average molecular weight is 480 g/mol. The zero-order valence-electron chi connectivity index (χ0n) is 21.0. The van der Waals surface area contributed by atoms with Crippen molar-refractivity contribution in [3.63, 3.8) is 0 Å². The molecule has 2 aliphatic rings. The largest absolute Gasteiger partial charge is 0.493 e. The van der Waals surface area contributed by atoms with Gasteiger partial charge in [-0.25, -0.2) is 0 Å². The molecule has 0 N–H and O–H groups in total. The number of rotatable bonds is 8. The lowest BCUT2D eigenvalue weighted by molar-refractivity contribution is 0.0774. The van der Waals surface area contributed by atoms with E-state index in [1.807, 2.05) is 30.2 Å². The highest BCUT2D eigenvalue weighted by atomic mass is 16.5. The quantitative estimate of drug-likeness (QED) is 0.254. The van der Waals surface area contributed by atoms with Crippen LogP contribution in [-0.4, -0.2) is 40.8 Å². The normalized spacial score (nSPS) is 17.0. The van der Waals surface area contributed by atoms with E-state index in [4.69, 9.17) is 4.74 Å². The number of aromatic nitrogens is 1. The Morgan fingerprint density at radius 2 is 1.67 bits per heavy atom. The molecule has 1 fully saturated rings. The number of benzene rings is 3. The van der Waals surface area contributed by atoms with Gasteiger partial charge in [0.25, 0.3) is 5.91 Å². The second kappa shape index (κ2) is 9.81. The van der Waals surface area contributed by atoms with Crippen molar-refractivity contribution in [1.29, 1.82) is 0 Å². The molecule has 0 aliphatic carbocycles. The van der Waals surface area contributed by atoms with Gasteiger partial charge in [0, 0.05) is 47.2 Å². The van der Waals surface area contributed by atoms with Gasteiger partial charge in [0.05, 0.1) is 23.9 Å². The minimum absolute atomic E-state index is 0.0999. The Balaban J connectivity index is 1.03. The number of carbonyl (C=O) groups excluding carboxylic acids is 1. The third-order valence-electron chi connectivity index (χ3n) is 7.68. The Hall–Kier alpha value is -3.60. The first-order valence-corrected chi connectivity index (χ1v) is 13.3. The molecule has 184 valence electrons. The molecule has 5 heteroatoms. The minimum Gasteiger partial charge on any atom is -0.493 e. The van der Waals surface area contributed by atoms with Crippen LogP contribution < -0.4 is 4.74 Å². The molecule has 1 amide bonds. The van der Waals surface area contributed by atoms with Gasteiger partial charge in [-0.1, -0.05) is 49.2 Å². The first kappa shape index (κ1) is 22.8. The molecule has 1 atom stereocenters. The summed E-state index contributed by atoms with van der Waals surface area (Å²) in [6, 6.07) is 21.4. The lowest BCUT2D eigenvalue weighted by atomic mass is 10.1. The topological polar surface area (TPSA) is 46.8 Å². The second-order valence-electron chi connectivity index (χ2n) is 10.1. The molecule has 2 aliphatic heterocycles. The highest BCUT2D eigenvalue weighted by Crippen LogP contribution is 2.34. The maximum atomic E-state index is 13.0. The summed E-state index contributed by atoms with van der Waals surface area (Å²) in [5, 5.41) is 2.67. The van der Waals surface area contributed by atoms with Crippen LogP contribution in [0.1, 0.15) is 54.4 Å². The van der Waals surface area contributed by atoms with E-state index in [2.05, 4.69) is 58.1 Å². The van der Waals surface area contributed by atoms with Crippen molar-refractivity contribution in [2.24, 2.45) is 4.99 Å². The molecule has 36 heavy (non-hydrogen) atoms. The summed E-state index contributed by atoms with van der Waals surface area (Å²) in [7, 11) is 0. The Morgan fingerprint density at radius 1 is 0.944 bits per heavy atom. The van der Waals surface area contributed by atoms with Gasteiger partial charge in [0.2, 0.25) is 0 Å². The van der Waals surface area contributed by atoms with Crippen LogP contribution in [0.4, 0.5) is 5.69 Å². The number of unbranched alkanes of at least 4 members (excludes halogenated alkanes) is 3. The zero-order valence-corrected chi connectivity index (χ0v) is 21.0. The molecule has 0 bridgehead atoms. The van der Waals surface area contributed by atoms with E-state index in [0.29, 0.717) is 12.2 Å². The molecule has 0 unspecified atom stereocenters. The number of aliphatic imine (C=N–C) groups is 1. The first-order chi connectivity index (χ1) is 17.7. The van der Waals surface area contributed by atoms with Crippen molar-refractivity contribution in [2.75, 3.05) is 13.2 Å². The van der Waals surface area contributed by atoms with Crippen molar-refractivity contribution >= 4 is 39.6 Å². The van der Waals surface area contributed by atoms with E-state index in [1.54, 1.807) is 0 Å². The second-order valence-corrected chi connectivity index (χ2v) is 10.1. The molecule has 1 saturated heterocycles. The monoisotopic (exact) mass is 479 g/mol. The fourth-order valence-electron chi connectivity index (χ4n) is 5.78. The van der Waals surface area contributed by atoms with Crippen LogP contribution in [0.3, 0.4) is 0 Å². The van der Waals surface area contributed by atoms with E-state index in [9.17, 15) is 4.79 Å². The van der Waals surface area contributed by atoms with Gasteiger partial charge in [-0.05, 0) is 56.4 Å². The lowest BCUT2D eigenvalue weighted by Crippen LogP contribution is -2.35. The summed E-state index contributed by atoms with van der Waals surface area (Å²) in [5.41, 5.74) is 5.08. The SMILES string of the molecule is Cc1cc2c(cc1OCCCCCCn1c3ccccc3c3ccccc31)N=C[C@@H]1CCCN1C2=O. The molecule has 4 aromatic rings. The van der Waals surface area contributed by atoms with E-state index >= 15 is 0 Å². The summed E-state index contributed by atoms with van der Waals surface area (Å²) < 4.78 is 8.60. The summed E-state index contributed by atoms with van der Waals surface area (Å²) in [6.07, 6.45) is 8.46. The zero-order chi connectivity index (χ0) is 24.5. The van der Waals surface area contributed by atoms with Crippen LogP contribution >= 0.6 is 0 Å². The molecular formula is C31H33N3O2. The van der Waals surface area contributed by atoms with Crippen molar-refractivity contribution in [2.45, 2.75) is 58.0 Å². The summed E-state index contributed by atoms with van der Waals surface area (Å²) in [4.78, 5) is 19.6. The third kappa shape index (κ3) is 4.17. The minimum atomic E-state index is 0.0999. The molecule has 1 aromatic heterocycles. The standard InChI is InChI=1S/C31H33N3O2/c1-22-19-26-27(32-21-23-11-10-17-33(23)31(26)35)20-30(22)36-18-9-3-2-8-16-34-28-14-6-4-12-24(28)25-13-5-7-15-29(25)34/h4-7,12-15,19-21,23H,2-3,8-11,16-18H2,1H3/t23-/m0/s1. The predicted molar refractivity (Wildman–Crippen MR) is 147 cm³/mol. The van der Waals surface area contributed by atoms with Gasteiger partial charge < -0.3 is 14.2 Å². The van der Waals surface area contributed by atoms with Crippen LogP contribution in [0, 0.1) is 6.92 Å². The number of amides is 1. The number of hydrogen-bond donors (Lipinski definition) is 0. The van der Waals surface area contributed by atoms with E-state index in [-0.39, 0.29) is 11.9 Å². The predicted octanol–water partition coefficient (Wildman–Crippen LogP) is 7.06. The molecule has 0 saturated carbocycles. The number of nitrogens with zero attached hydrogens (tertiary/aromatic N) is 3. The van der Waals surface area contributed by atoms with Crippen molar-refractivity contribution < 1.29 is 9.53 Å². The third-order valence-corrected chi connectivity index (χ3v) is 7.68. The Morgan fingerprint density at radius 3 is 2.44 bits per heavy atom. The van der Waals surface area contributed by atoms with Crippen LogP contribution in [0.2, 0.25) is 0 Å². The van der Waals surface area contributed by atoms with Crippen molar-refractivity contribution in [3.8, 4) is 5.75 Å². The van der Waals surface area contributed by atoms with Gasteiger partial charge in [-0.15, -0.1) is 0 Å². The van der Waals surface area contributed by atoms with E-state index in [1.165, 1.54) is 28.2 Å². The number of carbonyl (C=O) groups is 1. The van der Waals surface area contributed by atoms with Gasteiger partial charge in [-0.3, -0.25) is 9.79 Å². The lowest BCUT2D eigenvalue weighted by Gasteiger charge is -2.20.